The molecule has 2 aromatic rings. The van der Waals surface area contributed by atoms with Crippen molar-refractivity contribution in [3.63, 3.8) is 0 Å². The third-order valence-electron chi connectivity index (χ3n) is 3.22. The fourth-order valence-corrected chi connectivity index (χ4v) is 2.41. The van der Waals surface area contributed by atoms with Gasteiger partial charge >= 0.3 is 18.0 Å². The van der Waals surface area contributed by atoms with Gasteiger partial charge in [-0.05, 0) is 36.4 Å². The second-order valence-electron chi connectivity index (χ2n) is 5.20. The van der Waals surface area contributed by atoms with Crippen LogP contribution in [-0.2, 0) is 0 Å². The number of hydrogen-bond donors (Lipinski definition) is 0. The molecule has 27 heavy (non-hydrogen) atoms. The Labute approximate surface area is 165 Å². The molecule has 0 unspecified atom stereocenters. The molecule has 144 valence electrons. The maximum Gasteiger partial charge on any atom is 0.468 e. The van der Waals surface area contributed by atoms with E-state index in [9.17, 15) is 17.6 Å². The highest BCUT2D eigenvalue weighted by Gasteiger charge is 2.60. The molecule has 1 aliphatic rings. The summed E-state index contributed by atoms with van der Waals surface area (Å²) in [4.78, 5) is 3.32. The van der Waals surface area contributed by atoms with E-state index in [1.807, 2.05) is 0 Å². The van der Waals surface area contributed by atoms with Crippen LogP contribution in [0.1, 0.15) is 0 Å². The number of para-hydroxylation sites is 2. The summed E-state index contributed by atoms with van der Waals surface area (Å²) < 4.78 is 66.1. The first-order valence-electron chi connectivity index (χ1n) is 7.14. The Hall–Kier alpha value is -1.90. The fourth-order valence-electron chi connectivity index (χ4n) is 2.05. The number of ether oxygens (including phenoxy) is 3. The van der Waals surface area contributed by atoms with Gasteiger partial charge in [0.25, 0.3) is 3.79 Å². The van der Waals surface area contributed by atoms with Gasteiger partial charge in [0.2, 0.25) is 0 Å². The third-order valence-corrected chi connectivity index (χ3v) is 3.94. The Morgan fingerprint density at radius 1 is 0.926 bits per heavy atom. The average Bonchev–Trinajstić information content (AvgIpc) is 2.95. The Morgan fingerprint density at radius 3 is 1.89 bits per heavy atom. The number of halogens is 7. The number of aliphatic imine (C=N–C) groups is 1. The molecule has 3 rings (SSSR count). The highest BCUT2D eigenvalue weighted by molar-refractivity contribution is 6.68. The first kappa shape index (κ1) is 19.9. The molecule has 0 aromatic heterocycles. The monoisotopic (exact) mass is 443 g/mol. The van der Waals surface area contributed by atoms with Crippen LogP contribution in [0.5, 0.6) is 17.2 Å². The van der Waals surface area contributed by atoms with Gasteiger partial charge in [0.1, 0.15) is 11.6 Å². The van der Waals surface area contributed by atoms with Crippen molar-refractivity contribution in [2.75, 3.05) is 0 Å². The molecule has 0 aliphatic carbocycles. The van der Waals surface area contributed by atoms with Crippen LogP contribution in [0.2, 0.25) is 0 Å². The minimum atomic E-state index is -5.10. The molecule has 1 heterocycles. The largest absolute Gasteiger partial charge is 0.468 e. The molecule has 11 heteroatoms. The van der Waals surface area contributed by atoms with Crippen LogP contribution in [0.4, 0.5) is 17.6 Å². The van der Waals surface area contributed by atoms with Gasteiger partial charge in [-0.25, -0.2) is 4.39 Å². The normalized spacial score (nSPS) is 16.3. The van der Waals surface area contributed by atoms with Crippen molar-refractivity contribution in [1.29, 1.82) is 0 Å². The van der Waals surface area contributed by atoms with Crippen LogP contribution in [-0.4, -0.2) is 21.8 Å². The highest BCUT2D eigenvalue weighted by atomic mass is 35.6. The first-order chi connectivity index (χ1) is 12.5. The van der Waals surface area contributed by atoms with E-state index >= 15 is 0 Å². The van der Waals surface area contributed by atoms with E-state index in [2.05, 4.69) is 4.99 Å². The number of benzene rings is 2. The average molecular weight is 445 g/mol. The minimum absolute atomic E-state index is 0.0240. The Kier molecular flexibility index (Phi) is 5.09. The molecule has 0 radical (unpaired) electrons. The summed E-state index contributed by atoms with van der Waals surface area (Å²) in [7, 11) is 0. The zero-order valence-electron chi connectivity index (χ0n) is 12.9. The Balaban J connectivity index is 2.04. The smallest absolute Gasteiger partial charge is 0.435 e. The SMILES string of the molecule is Fc1ccc(OC(=NC2(C(Cl)(Cl)Cl)Oc3ccccc3O2)C(F)(F)F)cc1. The van der Waals surface area contributed by atoms with Gasteiger partial charge in [-0.3, -0.25) is 0 Å². The molecular weight excluding hydrogens is 437 g/mol. The summed E-state index contributed by atoms with van der Waals surface area (Å²) in [6, 6.07) is 9.65. The molecule has 0 bridgehead atoms. The predicted molar refractivity (Wildman–Crippen MR) is 91.2 cm³/mol. The summed E-state index contributed by atoms with van der Waals surface area (Å²) in [6.45, 7) is 0. The van der Waals surface area contributed by atoms with Crippen LogP contribution in [0.25, 0.3) is 0 Å². The van der Waals surface area contributed by atoms with Crippen molar-refractivity contribution < 1.29 is 31.8 Å². The second kappa shape index (κ2) is 6.92. The van der Waals surface area contributed by atoms with E-state index in [-0.39, 0.29) is 17.2 Å². The van der Waals surface area contributed by atoms with E-state index in [1.165, 1.54) is 12.1 Å². The van der Waals surface area contributed by atoms with E-state index < -0.39 is 27.6 Å². The summed E-state index contributed by atoms with van der Waals surface area (Å²) in [6.07, 6.45) is -5.10. The molecule has 0 spiro atoms. The molecule has 0 fully saturated rings. The lowest BCUT2D eigenvalue weighted by atomic mass is 10.3. The van der Waals surface area contributed by atoms with Crippen molar-refractivity contribution in [3.05, 3.63) is 54.3 Å². The summed E-state index contributed by atoms with van der Waals surface area (Å²) >= 11 is 17.4. The van der Waals surface area contributed by atoms with E-state index in [1.54, 1.807) is 12.1 Å². The summed E-state index contributed by atoms with van der Waals surface area (Å²) in [5, 5.41) is 0. The maximum atomic E-state index is 13.5. The number of alkyl halides is 6. The molecular formula is C16H8Cl3F4NO3. The molecule has 2 aromatic carbocycles. The van der Waals surface area contributed by atoms with Crippen molar-refractivity contribution in [2.45, 2.75) is 15.9 Å². The minimum Gasteiger partial charge on any atom is -0.435 e. The van der Waals surface area contributed by atoms with Gasteiger partial charge < -0.3 is 14.2 Å². The highest BCUT2D eigenvalue weighted by Crippen LogP contribution is 2.50. The molecule has 0 saturated heterocycles. The van der Waals surface area contributed by atoms with Crippen LogP contribution >= 0.6 is 34.8 Å². The zero-order valence-corrected chi connectivity index (χ0v) is 15.2. The van der Waals surface area contributed by atoms with Crippen LogP contribution in [0.3, 0.4) is 0 Å². The summed E-state index contributed by atoms with van der Waals surface area (Å²) in [5.74, 6) is -5.46. The second-order valence-corrected chi connectivity index (χ2v) is 7.48. The van der Waals surface area contributed by atoms with Crippen molar-refractivity contribution in [2.24, 2.45) is 4.99 Å². The van der Waals surface area contributed by atoms with Gasteiger partial charge in [0.05, 0.1) is 0 Å². The maximum absolute atomic E-state index is 13.5. The van der Waals surface area contributed by atoms with Gasteiger partial charge in [0, 0.05) is 0 Å². The lowest BCUT2D eigenvalue weighted by Gasteiger charge is -2.30. The third kappa shape index (κ3) is 4.17. The van der Waals surface area contributed by atoms with E-state index in [0.717, 1.165) is 24.3 Å². The molecule has 0 saturated carbocycles. The van der Waals surface area contributed by atoms with Crippen molar-refractivity contribution in [1.82, 2.24) is 0 Å². The first-order valence-corrected chi connectivity index (χ1v) is 8.28. The number of hydrogen-bond acceptors (Lipinski definition) is 4. The predicted octanol–water partition coefficient (Wildman–Crippen LogP) is 5.66. The van der Waals surface area contributed by atoms with Crippen molar-refractivity contribution >= 4 is 40.7 Å². The number of rotatable bonds is 2. The van der Waals surface area contributed by atoms with Gasteiger partial charge in [-0.15, -0.1) is 0 Å². The molecule has 0 atom stereocenters. The van der Waals surface area contributed by atoms with Crippen LogP contribution in [0.15, 0.2) is 53.5 Å². The zero-order chi connectivity index (χ0) is 19.9. The summed E-state index contributed by atoms with van der Waals surface area (Å²) in [5.41, 5.74) is 0. The lowest BCUT2D eigenvalue weighted by Crippen LogP contribution is -2.51. The standard InChI is InChI=1S/C16H8Cl3F4NO3/c17-15(18,19)16(26-11-3-1-2-4-12(11)27-16)24-13(14(21,22)23)25-10-7-5-9(20)6-8-10/h1-8H. The number of fused-ring (bicyclic) bond motifs is 1. The molecule has 0 amide bonds. The number of nitrogens with zero attached hydrogens (tertiary/aromatic N) is 1. The van der Waals surface area contributed by atoms with E-state index in [4.69, 9.17) is 49.0 Å². The lowest BCUT2D eigenvalue weighted by molar-refractivity contribution is -0.0911. The topological polar surface area (TPSA) is 40.0 Å². The van der Waals surface area contributed by atoms with Gasteiger partial charge in [-0.2, -0.15) is 18.2 Å². The molecule has 1 aliphatic heterocycles. The van der Waals surface area contributed by atoms with Crippen LogP contribution in [0, 0.1) is 5.82 Å². The molecule has 0 N–H and O–H groups in total. The fraction of sp³-hybridized carbons (Fsp3) is 0.188. The van der Waals surface area contributed by atoms with Gasteiger partial charge in [-0.1, -0.05) is 46.9 Å². The van der Waals surface area contributed by atoms with Gasteiger partial charge in [0.15, 0.2) is 11.5 Å². The molecule has 4 nitrogen and oxygen atoms in total. The van der Waals surface area contributed by atoms with Crippen molar-refractivity contribution in [3.8, 4) is 17.2 Å². The quantitative estimate of drug-likeness (QED) is 0.260. The Bertz CT molecular complexity index is 841. The van der Waals surface area contributed by atoms with E-state index in [0.29, 0.717) is 0 Å². The van der Waals surface area contributed by atoms with Crippen LogP contribution < -0.4 is 14.2 Å². The Morgan fingerprint density at radius 2 is 1.44 bits per heavy atom.